The highest BCUT2D eigenvalue weighted by atomic mass is 16.4. The molecule has 0 bridgehead atoms. The highest BCUT2D eigenvalue weighted by Crippen LogP contribution is 2.14. The van der Waals surface area contributed by atoms with Crippen LogP contribution < -0.4 is 10.2 Å². The van der Waals surface area contributed by atoms with Gasteiger partial charge >= 0.3 is 12.0 Å². The van der Waals surface area contributed by atoms with E-state index in [1.165, 1.54) is 0 Å². The maximum atomic E-state index is 12.1. The van der Waals surface area contributed by atoms with Crippen LogP contribution in [0, 0.1) is 6.92 Å². The first kappa shape index (κ1) is 16.0. The van der Waals surface area contributed by atoms with E-state index in [2.05, 4.69) is 5.32 Å². The number of hydrogen-bond donors (Lipinski definition) is 2. The Bertz CT molecular complexity index is 443. The van der Waals surface area contributed by atoms with Crippen LogP contribution in [0.15, 0.2) is 24.3 Å². The Morgan fingerprint density at radius 1 is 1.20 bits per heavy atom. The number of hydrogen-bond acceptors (Lipinski definition) is 2. The number of carbonyl (C=O) groups excluding carboxylic acids is 1. The molecule has 2 N–H and O–H groups in total. The summed E-state index contributed by atoms with van der Waals surface area (Å²) >= 11 is 0. The van der Waals surface area contributed by atoms with E-state index in [1.54, 1.807) is 4.90 Å². The second-order valence-electron chi connectivity index (χ2n) is 4.66. The van der Waals surface area contributed by atoms with Crippen molar-refractivity contribution >= 4 is 17.7 Å². The van der Waals surface area contributed by atoms with Crippen LogP contribution in [0.1, 0.15) is 31.7 Å². The third-order valence-electron chi connectivity index (χ3n) is 3.00. The normalized spacial score (nSPS) is 10.1. The fourth-order valence-corrected chi connectivity index (χ4v) is 1.86. The van der Waals surface area contributed by atoms with E-state index in [9.17, 15) is 9.59 Å². The number of benzene rings is 1. The van der Waals surface area contributed by atoms with Crippen molar-refractivity contribution in [2.75, 3.05) is 18.0 Å². The molecule has 0 aliphatic carbocycles. The highest BCUT2D eigenvalue weighted by Gasteiger charge is 2.12. The van der Waals surface area contributed by atoms with Gasteiger partial charge in [-0.15, -0.1) is 0 Å². The zero-order valence-electron chi connectivity index (χ0n) is 12.1. The van der Waals surface area contributed by atoms with Crippen LogP contribution in [-0.4, -0.2) is 30.2 Å². The average Bonchev–Trinajstić information content (AvgIpc) is 2.41. The van der Waals surface area contributed by atoms with E-state index in [1.807, 2.05) is 38.1 Å². The number of rotatable bonds is 7. The quantitative estimate of drug-likeness (QED) is 0.753. The number of nitrogens with zero attached hydrogens (tertiary/aromatic N) is 1. The first-order valence-corrected chi connectivity index (χ1v) is 6.88. The van der Waals surface area contributed by atoms with Crippen molar-refractivity contribution in [3.05, 3.63) is 29.8 Å². The molecule has 0 aliphatic rings. The number of unbranched alkanes of at least 4 members (excludes halogenated alkanes) is 1. The number of carboxylic acids is 1. The maximum absolute atomic E-state index is 12.1. The summed E-state index contributed by atoms with van der Waals surface area (Å²) in [7, 11) is 0. The van der Waals surface area contributed by atoms with Gasteiger partial charge in [-0.05, 0) is 38.8 Å². The van der Waals surface area contributed by atoms with Gasteiger partial charge in [-0.25, -0.2) is 4.79 Å². The number of anilines is 1. The van der Waals surface area contributed by atoms with Crippen LogP contribution >= 0.6 is 0 Å². The predicted molar refractivity (Wildman–Crippen MR) is 79.1 cm³/mol. The van der Waals surface area contributed by atoms with Crippen molar-refractivity contribution in [3.8, 4) is 0 Å². The third kappa shape index (κ3) is 5.30. The zero-order valence-corrected chi connectivity index (χ0v) is 12.1. The summed E-state index contributed by atoms with van der Waals surface area (Å²) < 4.78 is 0. The average molecular weight is 278 g/mol. The van der Waals surface area contributed by atoms with Crippen LogP contribution in [0.5, 0.6) is 0 Å². The van der Waals surface area contributed by atoms with Gasteiger partial charge in [-0.3, -0.25) is 9.69 Å². The molecule has 0 heterocycles. The van der Waals surface area contributed by atoms with Crippen LogP contribution in [0.4, 0.5) is 10.5 Å². The minimum Gasteiger partial charge on any atom is -0.481 e. The van der Waals surface area contributed by atoms with Crippen molar-refractivity contribution in [3.63, 3.8) is 0 Å². The molecule has 1 aromatic rings. The molecule has 5 nitrogen and oxygen atoms in total. The lowest BCUT2D eigenvalue weighted by atomic mass is 10.2. The number of amides is 2. The van der Waals surface area contributed by atoms with Gasteiger partial charge in [-0.2, -0.15) is 0 Å². The molecule has 0 spiro atoms. The topological polar surface area (TPSA) is 69.6 Å². The predicted octanol–water partition coefficient (Wildman–Crippen LogP) is 2.79. The van der Waals surface area contributed by atoms with Gasteiger partial charge in [0.15, 0.2) is 0 Å². The summed E-state index contributed by atoms with van der Waals surface area (Å²) in [4.78, 5) is 24.1. The number of aryl methyl sites for hydroxylation is 1. The van der Waals surface area contributed by atoms with Gasteiger partial charge in [0.25, 0.3) is 0 Å². The van der Waals surface area contributed by atoms with Crippen molar-refractivity contribution in [2.24, 2.45) is 0 Å². The van der Waals surface area contributed by atoms with Crippen LogP contribution in [0.25, 0.3) is 0 Å². The largest absolute Gasteiger partial charge is 0.481 e. The molecule has 5 heteroatoms. The van der Waals surface area contributed by atoms with E-state index < -0.39 is 5.97 Å². The Hall–Kier alpha value is -2.04. The van der Waals surface area contributed by atoms with E-state index in [4.69, 9.17) is 5.11 Å². The highest BCUT2D eigenvalue weighted by molar-refractivity contribution is 5.91. The maximum Gasteiger partial charge on any atom is 0.321 e. The van der Waals surface area contributed by atoms with E-state index in [-0.39, 0.29) is 12.5 Å². The van der Waals surface area contributed by atoms with Crippen LogP contribution in [-0.2, 0) is 4.79 Å². The van der Waals surface area contributed by atoms with E-state index in [0.717, 1.165) is 11.3 Å². The van der Waals surface area contributed by atoms with E-state index >= 15 is 0 Å². The standard InChI is InChI=1S/C15H22N2O3/c1-3-17(13-9-7-12(2)8-10-13)15(20)16-11-5-4-6-14(18)19/h7-10H,3-6,11H2,1-2H3,(H,16,20)(H,18,19). The Balaban J connectivity index is 2.43. The summed E-state index contributed by atoms with van der Waals surface area (Å²) in [5.74, 6) is -0.800. The minimum atomic E-state index is -0.800. The monoisotopic (exact) mass is 278 g/mol. The van der Waals surface area contributed by atoms with Crippen LogP contribution in [0.2, 0.25) is 0 Å². The molecule has 0 saturated heterocycles. The van der Waals surface area contributed by atoms with Crippen molar-refractivity contribution in [1.82, 2.24) is 5.32 Å². The number of carboxylic acid groups (broad SMARTS) is 1. The molecule has 0 saturated carbocycles. The smallest absolute Gasteiger partial charge is 0.321 e. The molecule has 0 radical (unpaired) electrons. The molecular formula is C15H22N2O3. The van der Waals surface area contributed by atoms with Gasteiger partial charge in [0, 0.05) is 25.2 Å². The lowest BCUT2D eigenvalue weighted by molar-refractivity contribution is -0.137. The van der Waals surface area contributed by atoms with Gasteiger partial charge in [-0.1, -0.05) is 17.7 Å². The number of urea groups is 1. The summed E-state index contributed by atoms with van der Waals surface area (Å²) in [5, 5.41) is 11.3. The lowest BCUT2D eigenvalue weighted by Crippen LogP contribution is -2.40. The lowest BCUT2D eigenvalue weighted by Gasteiger charge is -2.21. The first-order valence-electron chi connectivity index (χ1n) is 6.88. The number of aliphatic carboxylic acids is 1. The Morgan fingerprint density at radius 2 is 1.85 bits per heavy atom. The SMILES string of the molecule is CCN(C(=O)NCCCCC(=O)O)c1ccc(C)cc1. The van der Waals surface area contributed by atoms with Crippen molar-refractivity contribution in [1.29, 1.82) is 0 Å². The summed E-state index contributed by atoms with van der Waals surface area (Å²) in [6.45, 7) is 5.00. The molecular weight excluding hydrogens is 256 g/mol. The minimum absolute atomic E-state index is 0.144. The fourth-order valence-electron chi connectivity index (χ4n) is 1.86. The summed E-state index contributed by atoms with van der Waals surface area (Å²) in [5.41, 5.74) is 2.01. The van der Waals surface area contributed by atoms with Gasteiger partial charge in [0.2, 0.25) is 0 Å². The van der Waals surface area contributed by atoms with Gasteiger partial charge in [0.05, 0.1) is 0 Å². The summed E-state index contributed by atoms with van der Waals surface area (Å²) in [6, 6.07) is 7.63. The zero-order chi connectivity index (χ0) is 15.0. The molecule has 1 aromatic carbocycles. The molecule has 1 rings (SSSR count). The fraction of sp³-hybridized carbons (Fsp3) is 0.467. The number of nitrogens with one attached hydrogen (secondary N) is 1. The third-order valence-corrected chi connectivity index (χ3v) is 3.00. The second kappa shape index (κ2) is 8.19. The molecule has 2 amide bonds. The first-order chi connectivity index (χ1) is 9.54. The molecule has 0 aromatic heterocycles. The summed E-state index contributed by atoms with van der Waals surface area (Å²) in [6.07, 6.45) is 1.39. The van der Waals surface area contributed by atoms with Gasteiger partial charge in [0.1, 0.15) is 0 Å². The second-order valence-corrected chi connectivity index (χ2v) is 4.66. The molecule has 0 unspecified atom stereocenters. The molecule has 20 heavy (non-hydrogen) atoms. The molecule has 0 atom stereocenters. The molecule has 0 fully saturated rings. The Kier molecular flexibility index (Phi) is 6.56. The molecule has 0 aliphatic heterocycles. The Labute approximate surface area is 119 Å². The van der Waals surface area contributed by atoms with Crippen molar-refractivity contribution < 1.29 is 14.7 Å². The van der Waals surface area contributed by atoms with Gasteiger partial charge < -0.3 is 10.4 Å². The Morgan fingerprint density at radius 3 is 2.40 bits per heavy atom. The van der Waals surface area contributed by atoms with Crippen LogP contribution in [0.3, 0.4) is 0 Å². The molecule has 110 valence electrons. The van der Waals surface area contributed by atoms with Crippen molar-refractivity contribution in [2.45, 2.75) is 33.1 Å². The number of carbonyl (C=O) groups is 2. The van der Waals surface area contributed by atoms with E-state index in [0.29, 0.717) is 25.9 Å².